The molecule has 0 aliphatic carbocycles. The first-order valence-electron chi connectivity index (χ1n) is 7.02. The predicted molar refractivity (Wildman–Crippen MR) is 81.9 cm³/mol. The summed E-state index contributed by atoms with van der Waals surface area (Å²) in [6.07, 6.45) is 2.51. The second kappa shape index (κ2) is 6.14. The van der Waals surface area contributed by atoms with Crippen LogP contribution < -0.4 is 11.1 Å². The van der Waals surface area contributed by atoms with Crippen molar-refractivity contribution in [2.75, 3.05) is 24.2 Å². The Morgan fingerprint density at radius 3 is 2.85 bits per heavy atom. The van der Waals surface area contributed by atoms with Gasteiger partial charge in [0.25, 0.3) is 0 Å². The van der Waals surface area contributed by atoms with E-state index in [9.17, 15) is 0 Å². The summed E-state index contributed by atoms with van der Waals surface area (Å²) in [4.78, 5) is 7.99. The fourth-order valence-electron chi connectivity index (χ4n) is 2.77. The van der Waals surface area contributed by atoms with E-state index in [-0.39, 0.29) is 17.5 Å². The van der Waals surface area contributed by atoms with Crippen LogP contribution in [-0.2, 0) is 4.74 Å². The highest BCUT2D eigenvalue weighted by atomic mass is 35.5. The van der Waals surface area contributed by atoms with Gasteiger partial charge in [0.15, 0.2) is 0 Å². The van der Waals surface area contributed by atoms with E-state index in [4.69, 9.17) is 22.1 Å². The summed E-state index contributed by atoms with van der Waals surface area (Å²) >= 11 is 5.88. The van der Waals surface area contributed by atoms with Gasteiger partial charge >= 0.3 is 0 Å². The molecule has 112 valence electrons. The van der Waals surface area contributed by atoms with Crippen molar-refractivity contribution in [2.24, 2.45) is 11.3 Å². The molecule has 0 aromatic carbocycles. The largest absolute Gasteiger partial charge is 0.377 e. The monoisotopic (exact) mass is 298 g/mol. The minimum atomic E-state index is 0.134. The molecule has 1 fully saturated rings. The number of aromatic nitrogens is 2. The van der Waals surface area contributed by atoms with E-state index in [1.807, 2.05) is 0 Å². The number of nitrogens with zero attached hydrogens (tertiary/aromatic N) is 2. The Morgan fingerprint density at radius 1 is 1.45 bits per heavy atom. The van der Waals surface area contributed by atoms with Crippen LogP contribution in [0.4, 0.5) is 11.8 Å². The lowest BCUT2D eigenvalue weighted by molar-refractivity contribution is -0.0814. The molecule has 0 bridgehead atoms. The van der Waals surface area contributed by atoms with Crippen molar-refractivity contribution >= 4 is 23.4 Å². The Balaban J connectivity index is 2.01. The minimum absolute atomic E-state index is 0.134. The molecule has 20 heavy (non-hydrogen) atoms. The third kappa shape index (κ3) is 3.96. The Hall–Kier alpha value is -1.07. The molecule has 1 aliphatic rings. The Labute approximate surface area is 125 Å². The van der Waals surface area contributed by atoms with Crippen molar-refractivity contribution in [2.45, 2.75) is 39.7 Å². The third-order valence-electron chi connectivity index (χ3n) is 3.56. The molecule has 6 heteroatoms. The maximum absolute atomic E-state index is 5.97. The summed E-state index contributed by atoms with van der Waals surface area (Å²) in [5, 5.41) is 3.66. The van der Waals surface area contributed by atoms with E-state index >= 15 is 0 Å². The van der Waals surface area contributed by atoms with Crippen LogP contribution in [0.5, 0.6) is 0 Å². The first kappa shape index (κ1) is 15.3. The number of nitrogens with two attached hydrogens (primary N) is 1. The highest BCUT2D eigenvalue weighted by Crippen LogP contribution is 2.34. The van der Waals surface area contributed by atoms with Gasteiger partial charge in [-0.1, -0.05) is 32.4 Å². The first-order valence-corrected chi connectivity index (χ1v) is 7.39. The second-order valence-electron chi connectivity index (χ2n) is 6.37. The molecule has 1 saturated heterocycles. The summed E-state index contributed by atoms with van der Waals surface area (Å²) in [6.45, 7) is 8.31. The zero-order chi connectivity index (χ0) is 14.8. The maximum atomic E-state index is 5.97. The molecular formula is C14H23ClN4O. The lowest BCUT2D eigenvalue weighted by Crippen LogP contribution is -2.42. The summed E-state index contributed by atoms with van der Waals surface area (Å²) in [5.41, 5.74) is 5.73. The minimum Gasteiger partial charge on any atom is -0.377 e. The van der Waals surface area contributed by atoms with Crippen molar-refractivity contribution in [3.05, 3.63) is 11.2 Å². The van der Waals surface area contributed by atoms with Crippen LogP contribution in [0.3, 0.4) is 0 Å². The molecule has 0 radical (unpaired) electrons. The molecule has 0 spiro atoms. The van der Waals surface area contributed by atoms with Gasteiger partial charge < -0.3 is 15.8 Å². The number of hydrogen-bond donors (Lipinski definition) is 2. The molecule has 1 aromatic rings. The summed E-state index contributed by atoms with van der Waals surface area (Å²) in [7, 11) is 0. The molecular weight excluding hydrogens is 276 g/mol. The van der Waals surface area contributed by atoms with E-state index in [1.165, 1.54) is 0 Å². The molecule has 2 rings (SSSR count). The number of hydrogen-bond acceptors (Lipinski definition) is 5. The zero-order valence-corrected chi connectivity index (χ0v) is 13.1. The van der Waals surface area contributed by atoms with Gasteiger partial charge in [0.05, 0.1) is 6.10 Å². The van der Waals surface area contributed by atoms with Gasteiger partial charge in [-0.15, -0.1) is 0 Å². The summed E-state index contributed by atoms with van der Waals surface area (Å²) in [6, 6.07) is 1.69. The predicted octanol–water partition coefficient (Wildman–Crippen LogP) is 2.97. The molecule has 2 unspecified atom stereocenters. The van der Waals surface area contributed by atoms with Crippen molar-refractivity contribution < 1.29 is 4.74 Å². The van der Waals surface area contributed by atoms with Crippen molar-refractivity contribution in [1.29, 1.82) is 0 Å². The first-order chi connectivity index (χ1) is 9.36. The third-order valence-corrected chi connectivity index (χ3v) is 3.75. The van der Waals surface area contributed by atoms with Gasteiger partial charge in [0, 0.05) is 25.1 Å². The number of rotatable bonds is 3. The molecule has 3 N–H and O–H groups in total. The highest BCUT2D eigenvalue weighted by Gasteiger charge is 2.35. The van der Waals surface area contributed by atoms with Crippen molar-refractivity contribution in [3.63, 3.8) is 0 Å². The number of ether oxygens (including phenoxy) is 1. The molecule has 0 saturated carbocycles. The second-order valence-corrected chi connectivity index (χ2v) is 6.76. The maximum Gasteiger partial charge on any atom is 0.223 e. The standard InChI is InChI=1S/C14H23ClN4O/c1-14(2,3)12-9(5-4-6-20-12)8-17-11-7-10(15)18-13(16)19-11/h7,9,12H,4-6,8H2,1-3H3,(H3,16,17,18,19). The lowest BCUT2D eigenvalue weighted by Gasteiger charge is -2.40. The number of nitrogen functional groups attached to an aromatic ring is 1. The fraction of sp³-hybridized carbons (Fsp3) is 0.714. The van der Waals surface area contributed by atoms with Crippen LogP contribution in [0.1, 0.15) is 33.6 Å². The molecule has 0 amide bonds. The molecule has 5 nitrogen and oxygen atoms in total. The van der Waals surface area contributed by atoms with Crippen LogP contribution in [0.25, 0.3) is 0 Å². The topological polar surface area (TPSA) is 73.1 Å². The highest BCUT2D eigenvalue weighted by molar-refractivity contribution is 6.29. The Morgan fingerprint density at radius 2 is 2.20 bits per heavy atom. The van der Waals surface area contributed by atoms with Crippen LogP contribution in [-0.4, -0.2) is 29.2 Å². The average Bonchev–Trinajstić information content (AvgIpc) is 2.34. The Kier molecular flexibility index (Phi) is 4.70. The SMILES string of the molecule is CC(C)(C)C1OCCCC1CNc1cc(Cl)nc(N)n1. The fourth-order valence-corrected chi connectivity index (χ4v) is 2.96. The Bertz CT molecular complexity index is 441. The van der Waals surface area contributed by atoms with Crippen molar-refractivity contribution in [3.8, 4) is 0 Å². The van der Waals surface area contributed by atoms with E-state index < -0.39 is 0 Å². The smallest absolute Gasteiger partial charge is 0.223 e. The number of nitrogens with one attached hydrogen (secondary N) is 1. The average molecular weight is 299 g/mol. The van der Waals surface area contributed by atoms with Gasteiger partial charge in [-0.05, 0) is 18.3 Å². The van der Waals surface area contributed by atoms with Gasteiger partial charge in [0.2, 0.25) is 5.95 Å². The van der Waals surface area contributed by atoms with Gasteiger partial charge in [-0.2, -0.15) is 4.98 Å². The normalized spacial score (nSPS) is 23.6. The number of anilines is 2. The van der Waals surface area contributed by atoms with Crippen LogP contribution in [0, 0.1) is 11.3 Å². The number of halogens is 1. The van der Waals surface area contributed by atoms with Gasteiger partial charge in [0.1, 0.15) is 11.0 Å². The molecule has 1 aliphatic heterocycles. The lowest BCUT2D eigenvalue weighted by atomic mass is 9.78. The van der Waals surface area contributed by atoms with E-state index in [2.05, 4.69) is 36.1 Å². The summed E-state index contributed by atoms with van der Waals surface area (Å²) in [5.74, 6) is 1.31. The summed E-state index contributed by atoms with van der Waals surface area (Å²) < 4.78 is 5.97. The quantitative estimate of drug-likeness (QED) is 0.839. The zero-order valence-electron chi connectivity index (χ0n) is 12.3. The van der Waals surface area contributed by atoms with Gasteiger partial charge in [-0.25, -0.2) is 4.98 Å². The van der Waals surface area contributed by atoms with Crippen LogP contribution >= 0.6 is 11.6 Å². The van der Waals surface area contributed by atoms with Gasteiger partial charge in [-0.3, -0.25) is 0 Å². The van der Waals surface area contributed by atoms with Crippen LogP contribution in [0.15, 0.2) is 6.07 Å². The van der Waals surface area contributed by atoms with Crippen molar-refractivity contribution in [1.82, 2.24) is 9.97 Å². The molecule has 2 heterocycles. The molecule has 1 aromatic heterocycles. The van der Waals surface area contributed by atoms with E-state index in [1.54, 1.807) is 6.07 Å². The molecule has 2 atom stereocenters. The van der Waals surface area contributed by atoms with E-state index in [0.29, 0.717) is 16.9 Å². The van der Waals surface area contributed by atoms with E-state index in [0.717, 1.165) is 26.0 Å². The van der Waals surface area contributed by atoms with Crippen LogP contribution in [0.2, 0.25) is 5.15 Å².